The molecule has 1 aromatic heterocycles. The molecule has 4 nitrogen and oxygen atoms in total. The maximum atomic E-state index is 10.9. The molecular formula is C27H37ClN2O2. The van der Waals surface area contributed by atoms with Crippen molar-refractivity contribution in [2.45, 2.75) is 83.8 Å². The first-order valence-corrected chi connectivity index (χ1v) is 11.7. The van der Waals surface area contributed by atoms with Gasteiger partial charge in [-0.25, -0.2) is 4.98 Å². The zero-order chi connectivity index (χ0) is 22.0. The van der Waals surface area contributed by atoms with Crippen LogP contribution in [-0.2, 0) is 12.0 Å². The molecule has 5 heteroatoms. The summed E-state index contributed by atoms with van der Waals surface area (Å²) in [5, 5.41) is 10.9. The van der Waals surface area contributed by atoms with Crippen LogP contribution in [0.4, 0.5) is 0 Å². The van der Waals surface area contributed by atoms with Gasteiger partial charge in [0, 0.05) is 5.92 Å². The van der Waals surface area contributed by atoms with Crippen LogP contribution in [0.25, 0.3) is 11.0 Å². The topological polar surface area (TPSA) is 47.3 Å². The lowest BCUT2D eigenvalue weighted by Gasteiger charge is -2.25. The van der Waals surface area contributed by atoms with E-state index in [9.17, 15) is 5.11 Å². The number of nitrogens with zero attached hydrogens (tertiary/aromatic N) is 2. The zero-order valence-electron chi connectivity index (χ0n) is 19.8. The predicted molar refractivity (Wildman–Crippen MR) is 134 cm³/mol. The zero-order valence-corrected chi connectivity index (χ0v) is 20.6. The van der Waals surface area contributed by atoms with Gasteiger partial charge in [-0.05, 0) is 48.9 Å². The first kappa shape index (κ1) is 24.6. The predicted octanol–water partition coefficient (Wildman–Crippen LogP) is 6.55. The monoisotopic (exact) mass is 456 g/mol. The van der Waals surface area contributed by atoms with E-state index in [0.29, 0.717) is 12.5 Å². The molecular weight excluding hydrogens is 420 g/mol. The fourth-order valence-corrected chi connectivity index (χ4v) is 4.76. The van der Waals surface area contributed by atoms with Gasteiger partial charge in [0.05, 0.1) is 17.6 Å². The molecule has 3 aromatic rings. The molecule has 0 saturated heterocycles. The Balaban J connectivity index is 0.00000289. The van der Waals surface area contributed by atoms with Crippen molar-refractivity contribution < 1.29 is 9.84 Å². The Morgan fingerprint density at radius 1 is 1.09 bits per heavy atom. The Kier molecular flexibility index (Phi) is 7.89. The van der Waals surface area contributed by atoms with Crippen molar-refractivity contribution in [1.82, 2.24) is 9.55 Å². The van der Waals surface area contributed by atoms with Crippen LogP contribution in [0.5, 0.6) is 5.75 Å². The molecule has 0 amide bonds. The van der Waals surface area contributed by atoms with Gasteiger partial charge in [-0.1, -0.05) is 69.9 Å². The van der Waals surface area contributed by atoms with Gasteiger partial charge < -0.3 is 14.4 Å². The Morgan fingerprint density at radius 2 is 1.81 bits per heavy atom. The summed E-state index contributed by atoms with van der Waals surface area (Å²) in [6.07, 6.45) is 5.63. The van der Waals surface area contributed by atoms with Gasteiger partial charge in [0.1, 0.15) is 24.3 Å². The summed E-state index contributed by atoms with van der Waals surface area (Å²) in [6.45, 7) is 9.45. The van der Waals surface area contributed by atoms with Crippen LogP contribution < -0.4 is 4.74 Å². The number of aliphatic hydroxyl groups is 1. The van der Waals surface area contributed by atoms with E-state index in [1.165, 1.54) is 43.2 Å². The molecule has 1 fully saturated rings. The molecule has 1 heterocycles. The van der Waals surface area contributed by atoms with E-state index in [2.05, 4.69) is 62.6 Å². The number of benzene rings is 2. The highest BCUT2D eigenvalue weighted by Crippen LogP contribution is 2.35. The Labute approximate surface area is 198 Å². The van der Waals surface area contributed by atoms with Gasteiger partial charge in [-0.2, -0.15) is 0 Å². The number of imidazole rings is 1. The average molecular weight is 457 g/mol. The summed E-state index contributed by atoms with van der Waals surface area (Å²) >= 11 is 0. The third kappa shape index (κ3) is 5.47. The molecule has 1 saturated carbocycles. The molecule has 174 valence electrons. The number of aryl methyl sites for hydroxylation is 1. The molecule has 0 radical (unpaired) electrons. The lowest BCUT2D eigenvalue weighted by molar-refractivity contribution is 0.0912. The van der Waals surface area contributed by atoms with Crippen molar-refractivity contribution >= 4 is 23.4 Å². The average Bonchev–Trinajstić information content (AvgIpc) is 3.11. The summed E-state index contributed by atoms with van der Waals surface area (Å²) < 4.78 is 8.38. The molecule has 1 aliphatic carbocycles. The number of fused-ring (bicyclic) bond motifs is 1. The number of aromatic nitrogens is 2. The number of ether oxygens (including phenoxy) is 1. The first-order valence-electron chi connectivity index (χ1n) is 11.7. The molecule has 32 heavy (non-hydrogen) atoms. The molecule has 0 bridgehead atoms. The third-order valence-electron chi connectivity index (χ3n) is 6.42. The van der Waals surface area contributed by atoms with Gasteiger partial charge in [0.25, 0.3) is 0 Å². The molecule has 0 aliphatic heterocycles. The quantitative estimate of drug-likeness (QED) is 0.457. The van der Waals surface area contributed by atoms with E-state index in [1.807, 2.05) is 12.1 Å². The fraction of sp³-hybridized carbons (Fsp3) is 0.519. The van der Waals surface area contributed by atoms with Gasteiger partial charge in [0.15, 0.2) is 0 Å². The van der Waals surface area contributed by atoms with Crippen LogP contribution in [0, 0.1) is 6.92 Å². The second-order valence-corrected chi connectivity index (χ2v) is 10.1. The summed E-state index contributed by atoms with van der Waals surface area (Å²) in [6, 6.07) is 14.6. The highest BCUT2D eigenvalue weighted by Gasteiger charge is 2.24. The van der Waals surface area contributed by atoms with Gasteiger partial charge >= 0.3 is 0 Å². The van der Waals surface area contributed by atoms with Gasteiger partial charge in [0.2, 0.25) is 0 Å². The minimum Gasteiger partial charge on any atom is -0.491 e. The molecule has 1 N–H and O–H groups in total. The SMILES string of the molecule is Cc1ccc(OCC(O)Cn2c(C3CCCCC3)nc3ccccc32)c(C(C)(C)C)c1.Cl. The Bertz CT molecular complexity index is 1030. The van der Waals surface area contributed by atoms with Crippen molar-refractivity contribution in [3.8, 4) is 5.75 Å². The Morgan fingerprint density at radius 3 is 2.53 bits per heavy atom. The number of hydrogen-bond donors (Lipinski definition) is 1. The van der Waals surface area contributed by atoms with Crippen molar-refractivity contribution in [3.05, 3.63) is 59.4 Å². The third-order valence-corrected chi connectivity index (χ3v) is 6.42. The van der Waals surface area contributed by atoms with Crippen LogP contribution in [0.3, 0.4) is 0 Å². The number of halogens is 1. The number of para-hydroxylation sites is 2. The molecule has 1 unspecified atom stereocenters. The van der Waals surface area contributed by atoms with E-state index < -0.39 is 6.10 Å². The summed E-state index contributed by atoms with van der Waals surface area (Å²) in [5.74, 6) is 2.48. The molecule has 0 spiro atoms. The number of rotatable bonds is 6. The molecule has 1 atom stereocenters. The summed E-state index contributed by atoms with van der Waals surface area (Å²) in [7, 11) is 0. The minimum atomic E-state index is -0.603. The van der Waals surface area contributed by atoms with Crippen molar-refractivity contribution in [1.29, 1.82) is 0 Å². The largest absolute Gasteiger partial charge is 0.491 e. The first-order chi connectivity index (χ1) is 14.8. The summed E-state index contributed by atoms with van der Waals surface area (Å²) in [4.78, 5) is 4.97. The number of aliphatic hydroxyl groups excluding tert-OH is 1. The maximum Gasteiger partial charge on any atom is 0.123 e. The standard InChI is InChI=1S/C27H36N2O2.ClH/c1-19-14-15-25(22(16-19)27(2,3)4)31-18-21(30)17-29-24-13-9-8-12-23(24)28-26(29)20-10-6-5-7-11-20;/h8-9,12-16,20-21,30H,5-7,10-11,17-18H2,1-4H3;1H. The van der Waals surface area contributed by atoms with Crippen LogP contribution in [0.1, 0.15) is 75.7 Å². The number of hydrogen-bond acceptors (Lipinski definition) is 3. The Hall–Kier alpha value is -2.04. The maximum absolute atomic E-state index is 10.9. The normalized spacial score (nSPS) is 16.0. The second kappa shape index (κ2) is 10.3. The molecule has 1 aliphatic rings. The lowest BCUT2D eigenvalue weighted by atomic mass is 9.85. The van der Waals surface area contributed by atoms with Crippen LogP contribution in [0.2, 0.25) is 0 Å². The smallest absolute Gasteiger partial charge is 0.123 e. The van der Waals surface area contributed by atoms with Gasteiger partial charge in [-0.3, -0.25) is 0 Å². The van der Waals surface area contributed by atoms with E-state index in [1.54, 1.807) is 0 Å². The van der Waals surface area contributed by atoms with Crippen molar-refractivity contribution in [2.75, 3.05) is 6.61 Å². The van der Waals surface area contributed by atoms with E-state index in [0.717, 1.165) is 22.6 Å². The molecule has 4 rings (SSSR count). The highest BCUT2D eigenvalue weighted by molar-refractivity contribution is 5.85. The highest BCUT2D eigenvalue weighted by atomic mass is 35.5. The minimum absolute atomic E-state index is 0. The van der Waals surface area contributed by atoms with E-state index in [-0.39, 0.29) is 24.4 Å². The second-order valence-electron chi connectivity index (χ2n) is 10.1. The van der Waals surface area contributed by atoms with Crippen molar-refractivity contribution in [3.63, 3.8) is 0 Å². The fourth-order valence-electron chi connectivity index (χ4n) is 4.76. The van der Waals surface area contributed by atoms with E-state index in [4.69, 9.17) is 9.72 Å². The molecule has 2 aromatic carbocycles. The van der Waals surface area contributed by atoms with Crippen LogP contribution in [-0.4, -0.2) is 27.4 Å². The van der Waals surface area contributed by atoms with Crippen molar-refractivity contribution in [2.24, 2.45) is 0 Å². The lowest BCUT2D eigenvalue weighted by Crippen LogP contribution is -2.26. The van der Waals surface area contributed by atoms with Crippen LogP contribution >= 0.6 is 12.4 Å². The van der Waals surface area contributed by atoms with Gasteiger partial charge in [-0.15, -0.1) is 12.4 Å². The van der Waals surface area contributed by atoms with E-state index >= 15 is 0 Å². The summed E-state index contributed by atoms with van der Waals surface area (Å²) in [5.41, 5.74) is 4.51. The van der Waals surface area contributed by atoms with Crippen LogP contribution in [0.15, 0.2) is 42.5 Å².